The lowest BCUT2D eigenvalue weighted by molar-refractivity contribution is -0.118. The van der Waals surface area contributed by atoms with Gasteiger partial charge in [-0.15, -0.1) is 11.3 Å². The lowest BCUT2D eigenvalue weighted by atomic mass is 10.2. The lowest BCUT2D eigenvalue weighted by Crippen LogP contribution is -2.36. The van der Waals surface area contributed by atoms with E-state index in [1.165, 1.54) is 0 Å². The highest BCUT2D eigenvalue weighted by molar-refractivity contribution is 7.71. The Bertz CT molecular complexity index is 1270. The average molecular weight is 473 g/mol. The van der Waals surface area contributed by atoms with E-state index in [1.54, 1.807) is 27.2 Å². The van der Waals surface area contributed by atoms with Gasteiger partial charge in [0.25, 0.3) is 0 Å². The zero-order valence-corrected chi connectivity index (χ0v) is 19.1. The average Bonchev–Trinajstić information content (AvgIpc) is 3.53. The number of hydrogen-bond acceptors (Lipinski definition) is 8. The van der Waals surface area contributed by atoms with Crippen molar-refractivity contribution in [2.24, 2.45) is 0 Å². The van der Waals surface area contributed by atoms with Crippen LogP contribution in [-0.4, -0.2) is 52.0 Å². The van der Waals surface area contributed by atoms with Crippen molar-refractivity contribution in [2.45, 2.75) is 13.0 Å². The fourth-order valence-corrected chi connectivity index (χ4v) is 5.54. The van der Waals surface area contributed by atoms with Crippen molar-refractivity contribution in [3.8, 4) is 10.7 Å². The number of thiazole rings is 1. The molecule has 0 radical (unpaired) electrons. The first kappa shape index (κ1) is 20.3. The van der Waals surface area contributed by atoms with Gasteiger partial charge in [0.2, 0.25) is 5.91 Å². The van der Waals surface area contributed by atoms with Gasteiger partial charge < -0.3 is 15.0 Å². The van der Waals surface area contributed by atoms with Gasteiger partial charge in [0.15, 0.2) is 15.7 Å². The molecule has 5 rings (SSSR count). The van der Waals surface area contributed by atoms with Crippen molar-refractivity contribution in [3.05, 3.63) is 40.5 Å². The number of nitrogens with one attached hydrogen (secondary N) is 2. The van der Waals surface area contributed by atoms with Crippen molar-refractivity contribution in [2.75, 3.05) is 36.5 Å². The number of rotatable bonds is 5. The summed E-state index contributed by atoms with van der Waals surface area (Å²) in [4.78, 5) is 20.9. The Balaban J connectivity index is 1.37. The molecule has 1 aliphatic heterocycles. The van der Waals surface area contributed by atoms with Crippen LogP contribution in [0.25, 0.3) is 20.9 Å². The largest absolute Gasteiger partial charge is 0.378 e. The summed E-state index contributed by atoms with van der Waals surface area (Å²) in [5, 5.41) is 13.1. The van der Waals surface area contributed by atoms with Gasteiger partial charge in [-0.05, 0) is 48.8 Å². The normalized spacial score (nSPS) is 15.3. The molecule has 4 heterocycles. The second kappa shape index (κ2) is 8.50. The van der Waals surface area contributed by atoms with E-state index in [0.717, 1.165) is 52.2 Å². The maximum absolute atomic E-state index is 13.0. The number of hydrogen-bond donors (Lipinski definition) is 2. The number of benzene rings is 1. The highest BCUT2D eigenvalue weighted by Crippen LogP contribution is 2.32. The van der Waals surface area contributed by atoms with Crippen molar-refractivity contribution in [1.82, 2.24) is 19.7 Å². The van der Waals surface area contributed by atoms with Crippen LogP contribution in [0.4, 0.5) is 10.8 Å². The quantitative estimate of drug-likeness (QED) is 0.421. The van der Waals surface area contributed by atoms with E-state index in [9.17, 15) is 4.79 Å². The summed E-state index contributed by atoms with van der Waals surface area (Å²) in [5.74, 6) is 0.503. The number of aromatic amines is 1. The molecule has 160 valence electrons. The Kier molecular flexibility index (Phi) is 5.57. The monoisotopic (exact) mass is 472 g/mol. The van der Waals surface area contributed by atoms with Crippen LogP contribution in [0.3, 0.4) is 0 Å². The molecule has 1 unspecified atom stereocenters. The number of thiophene rings is 1. The number of aromatic nitrogens is 4. The van der Waals surface area contributed by atoms with Gasteiger partial charge in [-0.3, -0.25) is 14.5 Å². The molecule has 1 atom stereocenters. The maximum Gasteiger partial charge on any atom is 0.247 e. The fourth-order valence-electron chi connectivity index (χ4n) is 3.49. The van der Waals surface area contributed by atoms with Crippen LogP contribution in [-0.2, 0) is 9.53 Å². The maximum atomic E-state index is 13.0. The summed E-state index contributed by atoms with van der Waals surface area (Å²) in [7, 11) is 0. The van der Waals surface area contributed by atoms with E-state index in [-0.39, 0.29) is 5.91 Å². The van der Waals surface area contributed by atoms with Crippen LogP contribution in [0.1, 0.15) is 13.0 Å². The number of carbonyl (C=O) groups excluding carboxylic acids is 1. The third kappa shape index (κ3) is 4.01. The predicted molar refractivity (Wildman–Crippen MR) is 127 cm³/mol. The minimum atomic E-state index is -0.524. The van der Waals surface area contributed by atoms with Gasteiger partial charge >= 0.3 is 0 Å². The predicted octanol–water partition coefficient (Wildman–Crippen LogP) is 4.32. The minimum Gasteiger partial charge on any atom is -0.378 e. The molecular formula is C20H20N6O2S3. The van der Waals surface area contributed by atoms with Crippen molar-refractivity contribution >= 4 is 61.8 Å². The van der Waals surface area contributed by atoms with E-state index in [0.29, 0.717) is 10.6 Å². The van der Waals surface area contributed by atoms with Gasteiger partial charge in [-0.25, -0.2) is 4.98 Å². The van der Waals surface area contributed by atoms with E-state index < -0.39 is 6.04 Å². The number of H-pyrrole nitrogens is 1. The van der Waals surface area contributed by atoms with E-state index in [2.05, 4.69) is 20.4 Å². The Labute approximate surface area is 191 Å². The van der Waals surface area contributed by atoms with Gasteiger partial charge in [-0.1, -0.05) is 17.4 Å². The molecular weight excluding hydrogens is 452 g/mol. The van der Waals surface area contributed by atoms with Crippen LogP contribution in [0.15, 0.2) is 35.7 Å². The molecule has 1 amide bonds. The standard InChI is InChI=1S/C20H20N6O2S3/c1-12(26-17(23-24-19(26)29)15-3-2-10-30-15)18(27)21-13-4-5-14-16(11-13)31-20(22-14)25-6-8-28-9-7-25/h2-5,10-12H,6-9H2,1H3,(H,21,27)(H,24,29). The summed E-state index contributed by atoms with van der Waals surface area (Å²) in [6, 6.07) is 9.17. The molecule has 0 saturated carbocycles. The molecule has 1 aliphatic rings. The number of nitrogens with zero attached hydrogens (tertiary/aromatic N) is 4. The van der Waals surface area contributed by atoms with Crippen LogP contribution in [0.5, 0.6) is 0 Å². The number of morpholine rings is 1. The summed E-state index contributed by atoms with van der Waals surface area (Å²) >= 11 is 8.56. The zero-order chi connectivity index (χ0) is 21.4. The highest BCUT2D eigenvalue weighted by Gasteiger charge is 2.22. The molecule has 0 spiro atoms. The van der Waals surface area contributed by atoms with Crippen LogP contribution < -0.4 is 10.2 Å². The van der Waals surface area contributed by atoms with Crippen molar-refractivity contribution in [1.29, 1.82) is 0 Å². The Morgan fingerprint density at radius 1 is 1.32 bits per heavy atom. The molecule has 1 fully saturated rings. The fraction of sp³-hybridized carbons (Fsp3) is 0.300. The van der Waals surface area contributed by atoms with Crippen molar-refractivity contribution in [3.63, 3.8) is 0 Å². The lowest BCUT2D eigenvalue weighted by Gasteiger charge is -2.25. The molecule has 3 aromatic heterocycles. The van der Waals surface area contributed by atoms with Crippen molar-refractivity contribution < 1.29 is 9.53 Å². The van der Waals surface area contributed by atoms with Gasteiger partial charge in [-0.2, -0.15) is 5.10 Å². The van der Waals surface area contributed by atoms with Crippen LogP contribution >= 0.6 is 34.9 Å². The second-order valence-electron chi connectivity index (χ2n) is 7.14. The number of anilines is 2. The summed E-state index contributed by atoms with van der Waals surface area (Å²) in [5.41, 5.74) is 1.66. The number of carbonyl (C=O) groups is 1. The molecule has 8 nitrogen and oxygen atoms in total. The molecule has 11 heteroatoms. The smallest absolute Gasteiger partial charge is 0.247 e. The molecule has 0 aliphatic carbocycles. The SMILES string of the molecule is CC(C(=O)Nc1ccc2nc(N3CCOCC3)sc2c1)n1c(-c2cccs2)n[nH]c1=S. The number of fused-ring (bicyclic) bond motifs is 1. The molecule has 2 N–H and O–H groups in total. The third-order valence-electron chi connectivity index (χ3n) is 5.14. The Morgan fingerprint density at radius 3 is 2.94 bits per heavy atom. The first-order valence-corrected chi connectivity index (χ1v) is 12.0. The highest BCUT2D eigenvalue weighted by atomic mass is 32.1. The minimum absolute atomic E-state index is 0.160. The molecule has 4 aromatic rings. The van der Waals surface area contributed by atoms with Gasteiger partial charge in [0, 0.05) is 18.8 Å². The summed E-state index contributed by atoms with van der Waals surface area (Å²) in [6.07, 6.45) is 0. The Hall–Kier alpha value is -2.60. The van der Waals surface area contributed by atoms with E-state index in [1.807, 2.05) is 42.6 Å². The van der Waals surface area contributed by atoms with Gasteiger partial charge in [0.1, 0.15) is 6.04 Å². The summed E-state index contributed by atoms with van der Waals surface area (Å²) in [6.45, 7) is 4.95. The molecule has 1 saturated heterocycles. The molecule has 31 heavy (non-hydrogen) atoms. The third-order valence-corrected chi connectivity index (χ3v) is 7.37. The zero-order valence-electron chi connectivity index (χ0n) is 16.7. The molecule has 1 aromatic carbocycles. The molecule has 0 bridgehead atoms. The topological polar surface area (TPSA) is 88.1 Å². The second-order valence-corrected chi connectivity index (χ2v) is 9.49. The Morgan fingerprint density at radius 2 is 2.16 bits per heavy atom. The van der Waals surface area contributed by atoms with E-state index in [4.69, 9.17) is 21.9 Å². The first-order chi connectivity index (χ1) is 15.1. The number of amides is 1. The van der Waals surface area contributed by atoms with E-state index >= 15 is 0 Å². The number of ether oxygens (including phenoxy) is 1. The van der Waals surface area contributed by atoms with Gasteiger partial charge in [0.05, 0.1) is 28.3 Å². The summed E-state index contributed by atoms with van der Waals surface area (Å²) < 4.78 is 8.62. The van der Waals surface area contributed by atoms with Crippen LogP contribution in [0, 0.1) is 4.77 Å². The first-order valence-electron chi connectivity index (χ1n) is 9.85. The van der Waals surface area contributed by atoms with Crippen LogP contribution in [0.2, 0.25) is 0 Å².